The van der Waals surface area contributed by atoms with Crippen LogP contribution in [0.3, 0.4) is 0 Å². The third-order valence-electron chi connectivity index (χ3n) is 2.92. The minimum atomic E-state index is -4.52. The van der Waals surface area contributed by atoms with Crippen molar-refractivity contribution in [2.75, 3.05) is 6.61 Å². The molecule has 1 atom stereocenters. The molecule has 1 aromatic heterocycles. The number of aromatic amines is 1. The average Bonchev–Trinajstić information content (AvgIpc) is 2.80. The second kappa shape index (κ2) is 5.16. The first-order valence-corrected chi connectivity index (χ1v) is 5.95. The van der Waals surface area contributed by atoms with Crippen LogP contribution in [0.4, 0.5) is 13.2 Å². The van der Waals surface area contributed by atoms with Crippen LogP contribution in [0.1, 0.15) is 24.1 Å². The van der Waals surface area contributed by atoms with Gasteiger partial charge in [-0.1, -0.05) is 6.07 Å². The normalized spacial score (nSPS) is 13.4. The Morgan fingerprint density at radius 2 is 2.15 bits per heavy atom. The topological polar surface area (TPSA) is 68.1 Å². The molecule has 7 heteroatoms. The third-order valence-corrected chi connectivity index (χ3v) is 2.92. The number of ether oxygens (including phenoxy) is 1. The van der Waals surface area contributed by atoms with Crippen LogP contribution in [0, 0.1) is 0 Å². The second-order valence-corrected chi connectivity index (χ2v) is 4.20. The van der Waals surface area contributed by atoms with E-state index in [-0.39, 0.29) is 23.1 Å². The minimum absolute atomic E-state index is 0.0753. The van der Waals surface area contributed by atoms with E-state index in [0.717, 1.165) is 6.07 Å². The molecule has 0 radical (unpaired) electrons. The summed E-state index contributed by atoms with van der Waals surface area (Å²) < 4.78 is 43.8. The zero-order valence-corrected chi connectivity index (χ0v) is 10.6. The number of benzene rings is 1. The van der Waals surface area contributed by atoms with Crippen molar-refractivity contribution < 1.29 is 22.7 Å². The summed E-state index contributed by atoms with van der Waals surface area (Å²) >= 11 is 0. The van der Waals surface area contributed by atoms with Gasteiger partial charge in [0.15, 0.2) is 0 Å². The zero-order valence-electron chi connectivity index (χ0n) is 10.6. The van der Waals surface area contributed by atoms with Crippen molar-refractivity contribution in [1.82, 2.24) is 4.98 Å². The van der Waals surface area contributed by atoms with E-state index >= 15 is 0 Å². The predicted molar refractivity (Wildman–Crippen MR) is 66.9 cm³/mol. The third kappa shape index (κ3) is 2.49. The maximum absolute atomic E-state index is 13.0. The highest BCUT2D eigenvalue weighted by atomic mass is 19.4. The molecule has 0 saturated carbocycles. The van der Waals surface area contributed by atoms with E-state index in [9.17, 15) is 18.0 Å². The Labute approximate surface area is 112 Å². The van der Waals surface area contributed by atoms with Gasteiger partial charge in [-0.2, -0.15) is 13.2 Å². The van der Waals surface area contributed by atoms with Crippen LogP contribution < -0.4 is 5.73 Å². The molecule has 0 aliphatic rings. The van der Waals surface area contributed by atoms with Gasteiger partial charge >= 0.3 is 12.1 Å². The van der Waals surface area contributed by atoms with Crippen molar-refractivity contribution in [3.8, 4) is 0 Å². The van der Waals surface area contributed by atoms with E-state index in [2.05, 4.69) is 4.98 Å². The van der Waals surface area contributed by atoms with Crippen molar-refractivity contribution in [2.24, 2.45) is 5.73 Å². The summed E-state index contributed by atoms with van der Waals surface area (Å²) in [6.07, 6.45) is -3.22. The zero-order chi connectivity index (χ0) is 14.9. The van der Waals surface area contributed by atoms with Crippen molar-refractivity contribution in [2.45, 2.75) is 19.1 Å². The SMILES string of the molecule is CCOC(=O)C(N)c1c[nH]c2cccc(C(F)(F)F)c12. The molecule has 0 spiro atoms. The highest BCUT2D eigenvalue weighted by Crippen LogP contribution is 2.37. The lowest BCUT2D eigenvalue weighted by Gasteiger charge is -2.13. The number of fused-ring (bicyclic) bond motifs is 1. The Balaban J connectivity index is 2.58. The first-order valence-electron chi connectivity index (χ1n) is 5.95. The molecule has 2 aromatic rings. The molecular weight excluding hydrogens is 273 g/mol. The number of rotatable bonds is 3. The van der Waals surface area contributed by atoms with Crippen LogP contribution in [0.2, 0.25) is 0 Å². The first-order chi connectivity index (χ1) is 9.36. The van der Waals surface area contributed by atoms with Gasteiger partial charge in [0.25, 0.3) is 0 Å². The Bertz CT molecular complexity index is 634. The van der Waals surface area contributed by atoms with Crippen molar-refractivity contribution in [1.29, 1.82) is 0 Å². The van der Waals surface area contributed by atoms with Crippen molar-refractivity contribution >= 4 is 16.9 Å². The maximum atomic E-state index is 13.0. The summed E-state index contributed by atoms with van der Waals surface area (Å²) in [5.74, 6) is -0.759. The van der Waals surface area contributed by atoms with Gasteiger partial charge in [-0.05, 0) is 19.1 Å². The number of halogens is 3. The van der Waals surface area contributed by atoms with E-state index in [1.165, 1.54) is 18.3 Å². The van der Waals surface area contributed by atoms with Gasteiger partial charge in [-0.15, -0.1) is 0 Å². The Kier molecular flexibility index (Phi) is 3.71. The molecule has 1 unspecified atom stereocenters. The van der Waals surface area contributed by atoms with Gasteiger partial charge in [-0.25, -0.2) is 4.79 Å². The number of hydrogen-bond donors (Lipinski definition) is 2. The number of nitrogens with two attached hydrogens (primary N) is 1. The molecule has 2 rings (SSSR count). The van der Waals surface area contributed by atoms with Crippen molar-refractivity contribution in [3.63, 3.8) is 0 Å². The maximum Gasteiger partial charge on any atom is 0.417 e. The highest BCUT2D eigenvalue weighted by molar-refractivity contribution is 5.92. The molecule has 0 aliphatic carbocycles. The number of aromatic nitrogens is 1. The molecule has 3 N–H and O–H groups in total. The Morgan fingerprint density at radius 1 is 1.45 bits per heavy atom. The van der Waals surface area contributed by atoms with Gasteiger partial charge in [0.2, 0.25) is 0 Å². The average molecular weight is 286 g/mol. The largest absolute Gasteiger partial charge is 0.465 e. The number of H-pyrrole nitrogens is 1. The van der Waals surface area contributed by atoms with Crippen LogP contribution in [-0.2, 0) is 15.7 Å². The van der Waals surface area contributed by atoms with Crippen molar-refractivity contribution in [3.05, 3.63) is 35.5 Å². The molecule has 1 aromatic carbocycles. The van der Waals surface area contributed by atoms with Gasteiger partial charge < -0.3 is 15.5 Å². The van der Waals surface area contributed by atoms with Crippen LogP contribution in [-0.4, -0.2) is 17.6 Å². The summed E-state index contributed by atoms with van der Waals surface area (Å²) in [6, 6.07) is 2.48. The fraction of sp³-hybridized carbons (Fsp3) is 0.308. The van der Waals surface area contributed by atoms with Gasteiger partial charge in [0.1, 0.15) is 6.04 Å². The number of carbonyl (C=O) groups is 1. The number of nitrogens with one attached hydrogen (secondary N) is 1. The van der Waals surface area contributed by atoms with E-state index in [1.54, 1.807) is 6.92 Å². The molecule has 0 amide bonds. The standard InChI is InChI=1S/C13H13F3N2O2/c1-2-20-12(19)11(17)7-6-18-9-5-3-4-8(10(7)9)13(14,15)16/h3-6,11,18H,2,17H2,1H3. The number of alkyl halides is 3. The molecule has 0 aliphatic heterocycles. The summed E-state index contributed by atoms with van der Waals surface area (Å²) in [4.78, 5) is 14.3. The Morgan fingerprint density at radius 3 is 2.75 bits per heavy atom. The molecule has 0 fully saturated rings. The Hall–Kier alpha value is -2.02. The molecular formula is C13H13F3N2O2. The molecule has 4 nitrogen and oxygen atoms in total. The fourth-order valence-electron chi connectivity index (χ4n) is 2.05. The lowest BCUT2D eigenvalue weighted by atomic mass is 10.0. The van der Waals surface area contributed by atoms with Crippen LogP contribution in [0.15, 0.2) is 24.4 Å². The predicted octanol–water partition coefficient (Wildman–Crippen LogP) is 2.75. The second-order valence-electron chi connectivity index (χ2n) is 4.20. The smallest absolute Gasteiger partial charge is 0.417 e. The fourth-order valence-corrected chi connectivity index (χ4v) is 2.05. The minimum Gasteiger partial charge on any atom is -0.465 e. The quantitative estimate of drug-likeness (QED) is 0.852. The van der Waals surface area contributed by atoms with Crippen LogP contribution in [0.25, 0.3) is 10.9 Å². The molecule has 0 saturated heterocycles. The lowest BCUT2D eigenvalue weighted by Crippen LogP contribution is -2.24. The number of esters is 1. The molecule has 0 bridgehead atoms. The summed E-state index contributed by atoms with van der Waals surface area (Å²) in [5, 5.41) is -0.0967. The van der Waals surface area contributed by atoms with Crippen LogP contribution in [0.5, 0.6) is 0 Å². The van der Waals surface area contributed by atoms with Crippen LogP contribution >= 0.6 is 0 Å². The first kappa shape index (κ1) is 14.4. The summed E-state index contributed by atoms with van der Waals surface area (Å²) in [6.45, 7) is 1.71. The van der Waals surface area contributed by atoms with Gasteiger partial charge in [-0.3, -0.25) is 0 Å². The van der Waals surface area contributed by atoms with Gasteiger partial charge in [0.05, 0.1) is 12.2 Å². The monoisotopic (exact) mass is 286 g/mol. The molecule has 20 heavy (non-hydrogen) atoms. The molecule has 108 valence electrons. The number of hydrogen-bond acceptors (Lipinski definition) is 3. The highest BCUT2D eigenvalue weighted by Gasteiger charge is 2.35. The van der Waals surface area contributed by atoms with E-state index < -0.39 is 23.8 Å². The molecule has 1 heterocycles. The van der Waals surface area contributed by atoms with Gasteiger partial charge in [0, 0.05) is 22.7 Å². The van der Waals surface area contributed by atoms with E-state index in [0.29, 0.717) is 0 Å². The van der Waals surface area contributed by atoms with E-state index in [1.807, 2.05) is 0 Å². The summed E-state index contributed by atoms with van der Waals surface area (Å²) in [7, 11) is 0. The lowest BCUT2D eigenvalue weighted by molar-refractivity contribution is -0.145. The number of carbonyl (C=O) groups excluding carboxylic acids is 1. The van der Waals surface area contributed by atoms with E-state index in [4.69, 9.17) is 10.5 Å². The summed E-state index contributed by atoms with van der Waals surface area (Å²) in [5.41, 5.74) is 5.21.